The highest BCUT2D eigenvalue weighted by molar-refractivity contribution is 4.97. The third kappa shape index (κ3) is 6.06. The molecule has 32 heavy (non-hydrogen) atoms. The molecule has 4 aliphatic rings. The van der Waals surface area contributed by atoms with E-state index in [9.17, 15) is 8.78 Å². The van der Waals surface area contributed by atoms with E-state index in [0.717, 1.165) is 42.9 Å². The lowest BCUT2D eigenvalue weighted by Gasteiger charge is -2.45. The Morgan fingerprint density at radius 2 is 1.28 bits per heavy atom. The second-order valence-electron chi connectivity index (χ2n) is 11.6. The van der Waals surface area contributed by atoms with Crippen molar-refractivity contribution in [3.63, 3.8) is 0 Å². The molecule has 0 spiro atoms. The Labute approximate surface area is 195 Å². The van der Waals surface area contributed by atoms with Crippen molar-refractivity contribution in [3.05, 3.63) is 0 Å². The van der Waals surface area contributed by atoms with Gasteiger partial charge in [-0.3, -0.25) is 0 Å². The van der Waals surface area contributed by atoms with Crippen molar-refractivity contribution in [2.24, 2.45) is 29.6 Å². The van der Waals surface area contributed by atoms with Crippen LogP contribution in [-0.2, 0) is 9.47 Å². The molecule has 6 atom stereocenters. The van der Waals surface area contributed by atoms with E-state index in [1.54, 1.807) is 0 Å². The summed E-state index contributed by atoms with van der Waals surface area (Å²) in [6.07, 6.45) is 14.9. The summed E-state index contributed by atoms with van der Waals surface area (Å²) in [7, 11) is 0. The number of rotatable bonds is 8. The van der Waals surface area contributed by atoms with E-state index in [4.69, 9.17) is 9.47 Å². The maximum atomic E-state index is 14.8. The predicted molar refractivity (Wildman–Crippen MR) is 126 cm³/mol. The molecule has 1 saturated heterocycles. The summed E-state index contributed by atoms with van der Waals surface area (Å²) in [5.41, 5.74) is 0. The predicted octanol–water partition coefficient (Wildman–Crippen LogP) is 7.83. The molecule has 6 unspecified atom stereocenters. The quantitative estimate of drug-likeness (QED) is 0.372. The molecule has 1 aliphatic heterocycles. The van der Waals surface area contributed by atoms with E-state index in [0.29, 0.717) is 13.0 Å². The van der Waals surface area contributed by atoms with Gasteiger partial charge >= 0.3 is 0 Å². The molecule has 0 amide bonds. The minimum atomic E-state index is -1.54. The summed E-state index contributed by atoms with van der Waals surface area (Å²) in [6, 6.07) is 0. The standard InChI is InChI=1S/C28H48F2O2/c1-3-5-19-6-11-21(12-7-19)22-13-8-20(9-14-22)10-16-24-17-15-23-18-25(31-4-2)26(29)27(30)28(23)32-24/h19-28H,3-18H2,1-2H3. The van der Waals surface area contributed by atoms with Crippen LogP contribution in [0.2, 0.25) is 0 Å². The lowest BCUT2D eigenvalue weighted by molar-refractivity contribution is -0.183. The van der Waals surface area contributed by atoms with Gasteiger partial charge in [-0.15, -0.1) is 0 Å². The first-order valence-electron chi connectivity index (χ1n) is 14.1. The molecule has 0 aromatic heterocycles. The molecule has 4 fully saturated rings. The van der Waals surface area contributed by atoms with Crippen LogP contribution in [0.25, 0.3) is 0 Å². The van der Waals surface area contributed by atoms with Gasteiger partial charge in [0.15, 0.2) is 12.3 Å². The highest BCUT2D eigenvalue weighted by Gasteiger charge is 2.49. The first-order valence-corrected chi connectivity index (χ1v) is 14.1. The summed E-state index contributed by atoms with van der Waals surface area (Å²) in [5.74, 6) is 3.90. The average molecular weight is 455 g/mol. The van der Waals surface area contributed by atoms with E-state index < -0.39 is 24.6 Å². The fourth-order valence-electron chi connectivity index (χ4n) is 7.68. The molecule has 186 valence electrons. The minimum absolute atomic E-state index is 0.118. The maximum absolute atomic E-state index is 14.8. The van der Waals surface area contributed by atoms with Gasteiger partial charge in [0.25, 0.3) is 0 Å². The monoisotopic (exact) mass is 454 g/mol. The van der Waals surface area contributed by atoms with Gasteiger partial charge in [-0.25, -0.2) is 8.78 Å². The van der Waals surface area contributed by atoms with Gasteiger partial charge in [-0.1, -0.05) is 45.4 Å². The fraction of sp³-hybridized carbons (Fsp3) is 1.00. The van der Waals surface area contributed by atoms with Crippen molar-refractivity contribution in [2.45, 2.75) is 141 Å². The van der Waals surface area contributed by atoms with E-state index in [1.807, 2.05) is 6.92 Å². The highest BCUT2D eigenvalue weighted by atomic mass is 19.2. The van der Waals surface area contributed by atoms with Gasteiger partial charge in [0, 0.05) is 6.61 Å². The Morgan fingerprint density at radius 1 is 0.688 bits per heavy atom. The zero-order chi connectivity index (χ0) is 22.5. The average Bonchev–Trinajstić information content (AvgIpc) is 2.82. The number of alkyl halides is 2. The number of hydrogen-bond donors (Lipinski definition) is 0. The molecular weight excluding hydrogens is 406 g/mol. The first kappa shape index (κ1) is 24.9. The second-order valence-corrected chi connectivity index (χ2v) is 11.6. The molecule has 3 aliphatic carbocycles. The molecule has 2 nitrogen and oxygen atoms in total. The summed E-state index contributed by atoms with van der Waals surface area (Å²) in [4.78, 5) is 0. The zero-order valence-corrected chi connectivity index (χ0v) is 20.7. The molecule has 3 saturated carbocycles. The van der Waals surface area contributed by atoms with E-state index >= 15 is 0 Å². The molecule has 1 heterocycles. The van der Waals surface area contributed by atoms with Crippen molar-refractivity contribution in [2.75, 3.05) is 6.61 Å². The molecule has 0 aromatic carbocycles. The van der Waals surface area contributed by atoms with Gasteiger partial charge in [-0.2, -0.15) is 0 Å². The summed E-state index contributed by atoms with van der Waals surface area (Å²) in [5, 5.41) is 0. The van der Waals surface area contributed by atoms with Crippen molar-refractivity contribution in [1.29, 1.82) is 0 Å². The van der Waals surface area contributed by atoms with Crippen LogP contribution in [0.5, 0.6) is 0 Å². The van der Waals surface area contributed by atoms with E-state index in [2.05, 4.69) is 6.92 Å². The molecule has 4 rings (SSSR count). The molecular formula is C28H48F2O2. The topological polar surface area (TPSA) is 18.5 Å². The summed E-state index contributed by atoms with van der Waals surface area (Å²) < 4.78 is 40.9. The van der Waals surface area contributed by atoms with Gasteiger partial charge < -0.3 is 9.47 Å². The molecule has 0 aromatic rings. The zero-order valence-electron chi connectivity index (χ0n) is 20.7. The SMILES string of the molecule is CCCC1CCC(C2CCC(CCC3CCC4CC(OCC)C(F)C(F)C4O3)CC2)CC1. The fourth-order valence-corrected chi connectivity index (χ4v) is 7.68. The van der Waals surface area contributed by atoms with Crippen LogP contribution in [0.1, 0.15) is 110 Å². The molecule has 4 heteroatoms. The summed E-state index contributed by atoms with van der Waals surface area (Å²) in [6.45, 7) is 4.62. The van der Waals surface area contributed by atoms with Crippen LogP contribution in [-0.4, -0.2) is 37.3 Å². The normalized spacial score (nSPS) is 45.4. The third-order valence-corrected chi connectivity index (χ3v) is 9.61. The number of fused-ring (bicyclic) bond motifs is 1. The van der Waals surface area contributed by atoms with Gasteiger partial charge in [0.1, 0.15) is 0 Å². The third-order valence-electron chi connectivity index (χ3n) is 9.61. The largest absolute Gasteiger partial charge is 0.375 e. The Bertz CT molecular complexity index is 540. The van der Waals surface area contributed by atoms with Crippen LogP contribution in [0.3, 0.4) is 0 Å². The van der Waals surface area contributed by atoms with Crippen molar-refractivity contribution < 1.29 is 18.3 Å². The molecule has 0 N–H and O–H groups in total. The van der Waals surface area contributed by atoms with Gasteiger partial charge in [-0.05, 0) is 94.3 Å². The molecule has 0 bridgehead atoms. The maximum Gasteiger partial charge on any atom is 0.160 e. The van der Waals surface area contributed by atoms with E-state index in [1.165, 1.54) is 70.6 Å². The smallest absolute Gasteiger partial charge is 0.160 e. The number of halogens is 2. The Balaban J connectivity index is 1.15. The lowest BCUT2D eigenvalue weighted by atomic mass is 9.68. The second kappa shape index (κ2) is 12.0. The summed E-state index contributed by atoms with van der Waals surface area (Å²) >= 11 is 0. The van der Waals surface area contributed by atoms with Gasteiger partial charge in [0.05, 0.1) is 18.3 Å². The number of ether oxygens (including phenoxy) is 2. The van der Waals surface area contributed by atoms with Crippen molar-refractivity contribution in [1.82, 2.24) is 0 Å². The van der Waals surface area contributed by atoms with Crippen LogP contribution >= 0.6 is 0 Å². The van der Waals surface area contributed by atoms with E-state index in [-0.39, 0.29) is 12.0 Å². The van der Waals surface area contributed by atoms with Crippen molar-refractivity contribution >= 4 is 0 Å². The van der Waals surface area contributed by atoms with Crippen LogP contribution < -0.4 is 0 Å². The van der Waals surface area contributed by atoms with Crippen LogP contribution in [0.15, 0.2) is 0 Å². The first-order chi connectivity index (χ1) is 15.6. The Morgan fingerprint density at radius 3 is 1.88 bits per heavy atom. The van der Waals surface area contributed by atoms with Gasteiger partial charge in [0.2, 0.25) is 0 Å². The highest BCUT2D eigenvalue weighted by Crippen LogP contribution is 2.44. The minimum Gasteiger partial charge on any atom is -0.375 e. The Hall–Kier alpha value is -0.220. The van der Waals surface area contributed by atoms with Crippen LogP contribution in [0, 0.1) is 29.6 Å². The van der Waals surface area contributed by atoms with Crippen molar-refractivity contribution in [3.8, 4) is 0 Å². The van der Waals surface area contributed by atoms with Crippen LogP contribution in [0.4, 0.5) is 8.78 Å². The number of hydrogen-bond acceptors (Lipinski definition) is 2. The Kier molecular flexibility index (Phi) is 9.30. The lowest BCUT2D eigenvalue weighted by Crippen LogP contribution is -2.54. The molecule has 0 radical (unpaired) electrons.